The van der Waals surface area contributed by atoms with Crippen molar-refractivity contribution in [3.05, 3.63) is 70.5 Å². The van der Waals surface area contributed by atoms with Gasteiger partial charge in [0.05, 0.1) is 23.5 Å². The maximum Gasteiger partial charge on any atom is 0.258 e. The number of amides is 1. The lowest BCUT2D eigenvalue weighted by Gasteiger charge is -2.23. The highest BCUT2D eigenvalue weighted by Crippen LogP contribution is 2.16. The third-order valence-electron chi connectivity index (χ3n) is 4.19. The van der Waals surface area contributed by atoms with Crippen molar-refractivity contribution in [3.63, 3.8) is 0 Å². The predicted octanol–water partition coefficient (Wildman–Crippen LogP) is 2.69. The van der Waals surface area contributed by atoms with Crippen LogP contribution in [-0.2, 0) is 4.79 Å². The molecule has 0 bridgehead atoms. The van der Waals surface area contributed by atoms with Gasteiger partial charge in [-0.1, -0.05) is 18.2 Å². The molecule has 1 atom stereocenters. The number of anilines is 1. The second-order valence-corrected chi connectivity index (χ2v) is 6.12. The fourth-order valence-electron chi connectivity index (χ4n) is 2.64. The second-order valence-electron chi connectivity index (χ2n) is 6.12. The molecule has 3 rings (SSSR count). The average molecular weight is 354 g/mol. The number of benzene rings is 2. The Hall–Kier alpha value is -3.06. The Morgan fingerprint density at radius 3 is 2.81 bits per heavy atom. The molecule has 1 heterocycles. The normalized spacial score (nSPS) is 12.3. The summed E-state index contributed by atoms with van der Waals surface area (Å²) in [6.45, 7) is 1.91. The average Bonchev–Trinajstić information content (AvgIpc) is 2.61. The summed E-state index contributed by atoms with van der Waals surface area (Å²) in [5.41, 5.74) is 0.791. The maximum atomic E-state index is 13.2. The molecule has 0 radical (unpaired) electrons. The molecule has 0 aliphatic heterocycles. The minimum atomic E-state index is -0.414. The number of carbonyl (C=O) groups excluding carboxylic acids is 1. The van der Waals surface area contributed by atoms with Crippen LogP contribution in [0.25, 0.3) is 10.9 Å². The first-order chi connectivity index (χ1) is 12.4. The molecule has 0 unspecified atom stereocenters. The van der Waals surface area contributed by atoms with Gasteiger partial charge in [-0.25, -0.2) is 9.37 Å². The molecule has 6 nitrogen and oxygen atoms in total. The molecule has 7 heteroatoms. The molecular weight excluding hydrogens is 335 g/mol. The number of carbonyl (C=O) groups is 1. The van der Waals surface area contributed by atoms with E-state index in [0.717, 1.165) is 0 Å². The van der Waals surface area contributed by atoms with Gasteiger partial charge in [-0.15, -0.1) is 0 Å². The van der Waals surface area contributed by atoms with Crippen molar-refractivity contribution in [3.8, 4) is 0 Å². The standard InChI is InChI=1S/C19H19FN4O2/c1-12(18-22-16-9-4-3-8-15(16)19(26)23-18)24(2)11-17(25)21-14-7-5-6-13(20)10-14/h3-10,12H,11H2,1-2H3,(H,21,25)(H,22,23,26)/t12-/m0/s1. The zero-order valence-electron chi connectivity index (χ0n) is 14.5. The van der Waals surface area contributed by atoms with E-state index in [1.807, 2.05) is 13.0 Å². The summed E-state index contributed by atoms with van der Waals surface area (Å²) in [4.78, 5) is 33.4. The molecule has 1 amide bonds. The van der Waals surface area contributed by atoms with Gasteiger partial charge in [-0.2, -0.15) is 0 Å². The van der Waals surface area contributed by atoms with Crippen LogP contribution in [0.5, 0.6) is 0 Å². The lowest BCUT2D eigenvalue weighted by Crippen LogP contribution is -2.33. The van der Waals surface area contributed by atoms with Crippen LogP contribution in [0.4, 0.5) is 10.1 Å². The summed E-state index contributed by atoms with van der Waals surface area (Å²) >= 11 is 0. The monoisotopic (exact) mass is 354 g/mol. The number of halogens is 1. The number of likely N-dealkylation sites (N-methyl/N-ethyl adjacent to an activating group) is 1. The third kappa shape index (κ3) is 3.94. The third-order valence-corrected chi connectivity index (χ3v) is 4.19. The van der Waals surface area contributed by atoms with Crippen molar-refractivity contribution in [1.82, 2.24) is 14.9 Å². The Balaban J connectivity index is 1.72. The van der Waals surface area contributed by atoms with E-state index in [0.29, 0.717) is 22.4 Å². The number of nitrogens with one attached hydrogen (secondary N) is 2. The SMILES string of the molecule is C[C@@H](c1nc2ccccc2c(=O)[nH]1)N(C)CC(=O)Nc1cccc(F)c1. The zero-order valence-corrected chi connectivity index (χ0v) is 14.5. The highest BCUT2D eigenvalue weighted by atomic mass is 19.1. The smallest absolute Gasteiger partial charge is 0.258 e. The molecule has 26 heavy (non-hydrogen) atoms. The van der Waals surface area contributed by atoms with E-state index >= 15 is 0 Å². The topological polar surface area (TPSA) is 78.1 Å². The number of aromatic amines is 1. The van der Waals surface area contributed by atoms with Crippen LogP contribution in [0.1, 0.15) is 18.8 Å². The van der Waals surface area contributed by atoms with Crippen molar-refractivity contribution < 1.29 is 9.18 Å². The Labute approximate surface area is 149 Å². The number of rotatable bonds is 5. The minimum absolute atomic E-state index is 0.0637. The first-order valence-electron chi connectivity index (χ1n) is 8.18. The van der Waals surface area contributed by atoms with Gasteiger partial charge < -0.3 is 10.3 Å². The molecule has 2 N–H and O–H groups in total. The van der Waals surface area contributed by atoms with E-state index in [1.54, 1.807) is 36.2 Å². The molecule has 0 saturated carbocycles. The molecular formula is C19H19FN4O2. The Morgan fingerprint density at radius 2 is 2.04 bits per heavy atom. The van der Waals surface area contributed by atoms with Crippen LogP contribution < -0.4 is 10.9 Å². The fraction of sp³-hybridized carbons (Fsp3) is 0.211. The van der Waals surface area contributed by atoms with E-state index in [-0.39, 0.29) is 24.1 Å². The number of nitrogens with zero attached hydrogens (tertiary/aromatic N) is 2. The molecule has 0 spiro atoms. The van der Waals surface area contributed by atoms with Crippen molar-refractivity contribution in [2.45, 2.75) is 13.0 Å². The van der Waals surface area contributed by atoms with E-state index in [9.17, 15) is 14.0 Å². The van der Waals surface area contributed by atoms with Gasteiger partial charge in [-0.05, 0) is 44.3 Å². The molecule has 1 aromatic heterocycles. The van der Waals surface area contributed by atoms with Crippen molar-refractivity contribution in [1.29, 1.82) is 0 Å². The largest absolute Gasteiger partial charge is 0.325 e. The van der Waals surface area contributed by atoms with Gasteiger partial charge >= 0.3 is 0 Å². The molecule has 2 aromatic carbocycles. The minimum Gasteiger partial charge on any atom is -0.325 e. The zero-order chi connectivity index (χ0) is 18.7. The van der Waals surface area contributed by atoms with Crippen molar-refractivity contribution in [2.24, 2.45) is 0 Å². The van der Waals surface area contributed by atoms with Gasteiger partial charge in [0.2, 0.25) is 5.91 Å². The number of aromatic nitrogens is 2. The Kier molecular flexibility index (Phi) is 5.09. The van der Waals surface area contributed by atoms with Crippen LogP contribution in [-0.4, -0.2) is 34.4 Å². The number of fused-ring (bicyclic) bond motifs is 1. The van der Waals surface area contributed by atoms with E-state index in [1.165, 1.54) is 18.2 Å². The molecule has 3 aromatic rings. The molecule has 0 aliphatic carbocycles. The summed E-state index contributed by atoms with van der Waals surface area (Å²) in [6, 6.07) is 12.5. The van der Waals surface area contributed by atoms with E-state index in [2.05, 4.69) is 15.3 Å². The Bertz CT molecular complexity index is 1000. The van der Waals surface area contributed by atoms with Gasteiger partial charge in [0.15, 0.2) is 0 Å². The fourth-order valence-corrected chi connectivity index (χ4v) is 2.64. The number of hydrogen-bond acceptors (Lipinski definition) is 4. The second kappa shape index (κ2) is 7.45. The number of H-pyrrole nitrogens is 1. The van der Waals surface area contributed by atoms with Crippen LogP contribution >= 0.6 is 0 Å². The van der Waals surface area contributed by atoms with E-state index in [4.69, 9.17) is 0 Å². The number of hydrogen-bond donors (Lipinski definition) is 2. The first-order valence-corrected chi connectivity index (χ1v) is 8.18. The molecule has 0 saturated heterocycles. The molecule has 0 aliphatic rings. The van der Waals surface area contributed by atoms with E-state index < -0.39 is 5.82 Å². The predicted molar refractivity (Wildman–Crippen MR) is 98.4 cm³/mol. The van der Waals surface area contributed by atoms with Gasteiger partial charge in [0, 0.05) is 5.69 Å². The van der Waals surface area contributed by atoms with Gasteiger partial charge in [-0.3, -0.25) is 14.5 Å². The lowest BCUT2D eigenvalue weighted by molar-refractivity contribution is -0.117. The highest BCUT2D eigenvalue weighted by Gasteiger charge is 2.18. The summed E-state index contributed by atoms with van der Waals surface area (Å²) < 4.78 is 13.2. The quantitative estimate of drug-likeness (QED) is 0.738. The summed E-state index contributed by atoms with van der Waals surface area (Å²) in [5, 5.41) is 3.17. The van der Waals surface area contributed by atoms with Gasteiger partial charge in [0.25, 0.3) is 5.56 Å². The number of para-hydroxylation sites is 1. The van der Waals surface area contributed by atoms with Crippen LogP contribution in [0.15, 0.2) is 53.3 Å². The van der Waals surface area contributed by atoms with Crippen LogP contribution in [0, 0.1) is 5.82 Å². The van der Waals surface area contributed by atoms with Crippen molar-refractivity contribution in [2.75, 3.05) is 18.9 Å². The first kappa shape index (κ1) is 17.8. The van der Waals surface area contributed by atoms with Crippen LogP contribution in [0.2, 0.25) is 0 Å². The van der Waals surface area contributed by atoms with Gasteiger partial charge in [0.1, 0.15) is 11.6 Å². The highest BCUT2D eigenvalue weighted by molar-refractivity contribution is 5.92. The lowest BCUT2D eigenvalue weighted by atomic mass is 10.2. The molecule has 0 fully saturated rings. The molecule has 134 valence electrons. The summed E-state index contributed by atoms with van der Waals surface area (Å²) in [7, 11) is 1.75. The summed E-state index contributed by atoms with van der Waals surface area (Å²) in [5.74, 6) is -0.217. The maximum absolute atomic E-state index is 13.2. The Morgan fingerprint density at radius 1 is 1.27 bits per heavy atom. The van der Waals surface area contributed by atoms with Crippen LogP contribution in [0.3, 0.4) is 0 Å². The summed E-state index contributed by atoms with van der Waals surface area (Å²) in [6.07, 6.45) is 0. The van der Waals surface area contributed by atoms with Crippen molar-refractivity contribution >= 4 is 22.5 Å².